The Morgan fingerprint density at radius 1 is 1.43 bits per heavy atom. The summed E-state index contributed by atoms with van der Waals surface area (Å²) >= 11 is 4.88. The fourth-order valence-corrected chi connectivity index (χ4v) is 3.27. The summed E-state index contributed by atoms with van der Waals surface area (Å²) in [4.78, 5) is 16.3. The number of amides is 1. The molecule has 0 spiro atoms. The van der Waals surface area contributed by atoms with Gasteiger partial charge in [0, 0.05) is 5.56 Å². The lowest BCUT2D eigenvalue weighted by molar-refractivity contribution is -0.117. The van der Waals surface area contributed by atoms with Gasteiger partial charge in [0.05, 0.1) is 15.5 Å². The van der Waals surface area contributed by atoms with Gasteiger partial charge in [0.15, 0.2) is 5.13 Å². The first-order valence-electron chi connectivity index (χ1n) is 6.40. The van der Waals surface area contributed by atoms with Crippen LogP contribution in [0, 0.1) is 0 Å². The van der Waals surface area contributed by atoms with Crippen LogP contribution >= 0.6 is 39.7 Å². The number of benzene rings is 1. The second-order valence-electron chi connectivity index (χ2n) is 4.39. The molecule has 0 fully saturated rings. The summed E-state index contributed by atoms with van der Waals surface area (Å²) in [5, 5.41) is 3.33. The van der Waals surface area contributed by atoms with Gasteiger partial charge in [0.25, 0.3) is 0 Å². The van der Waals surface area contributed by atoms with Crippen LogP contribution in [0.1, 0.15) is 19.8 Å². The second-order valence-corrected chi connectivity index (χ2v) is 6.71. The molecule has 2 rings (SSSR count). The first kappa shape index (κ1) is 18.1. The Morgan fingerprint density at radius 2 is 2.10 bits per heavy atom. The first-order chi connectivity index (χ1) is 9.61. The molecule has 0 bridgehead atoms. The number of carbonyl (C=O) groups excluding carboxylic acids is 1. The van der Waals surface area contributed by atoms with Gasteiger partial charge in [-0.2, -0.15) is 0 Å². The standard InChI is InChI=1S/C14H16BrN3OS.ClH/c1-2-6-10(16)13(19)18-14-17-11(12(15)20-14)9-7-4-3-5-8-9;/h3-5,7-8,10H,2,6,16H2,1H3,(H,17,18,19);1H. The van der Waals surface area contributed by atoms with Crippen molar-refractivity contribution in [1.82, 2.24) is 4.98 Å². The number of aromatic nitrogens is 1. The van der Waals surface area contributed by atoms with Gasteiger partial charge < -0.3 is 11.1 Å². The minimum atomic E-state index is -0.483. The van der Waals surface area contributed by atoms with Crippen LogP contribution in [0.15, 0.2) is 34.1 Å². The van der Waals surface area contributed by atoms with Gasteiger partial charge >= 0.3 is 0 Å². The van der Waals surface area contributed by atoms with E-state index in [1.165, 1.54) is 11.3 Å². The van der Waals surface area contributed by atoms with E-state index >= 15 is 0 Å². The number of nitrogens with zero attached hydrogens (tertiary/aromatic N) is 1. The molecule has 0 saturated carbocycles. The summed E-state index contributed by atoms with van der Waals surface area (Å²) in [6.45, 7) is 2.00. The van der Waals surface area contributed by atoms with Gasteiger partial charge in [-0.3, -0.25) is 4.79 Å². The van der Waals surface area contributed by atoms with E-state index in [4.69, 9.17) is 5.73 Å². The van der Waals surface area contributed by atoms with Crippen LogP contribution in [-0.4, -0.2) is 16.9 Å². The van der Waals surface area contributed by atoms with Crippen LogP contribution in [0.4, 0.5) is 5.13 Å². The number of hydrogen-bond donors (Lipinski definition) is 2. The third kappa shape index (κ3) is 4.78. The van der Waals surface area contributed by atoms with Gasteiger partial charge in [-0.25, -0.2) is 4.98 Å². The number of halogens is 2. The van der Waals surface area contributed by atoms with E-state index in [-0.39, 0.29) is 18.3 Å². The maximum Gasteiger partial charge on any atom is 0.243 e. The zero-order valence-corrected chi connectivity index (χ0v) is 14.7. The lowest BCUT2D eigenvalue weighted by Gasteiger charge is -2.08. The monoisotopic (exact) mass is 389 g/mol. The molecule has 0 aliphatic carbocycles. The summed E-state index contributed by atoms with van der Waals surface area (Å²) in [5.74, 6) is -0.187. The number of anilines is 1. The molecule has 1 atom stereocenters. The molecule has 7 heteroatoms. The van der Waals surface area contributed by atoms with E-state index in [0.29, 0.717) is 11.6 Å². The zero-order valence-electron chi connectivity index (χ0n) is 11.5. The van der Waals surface area contributed by atoms with Crippen molar-refractivity contribution in [2.24, 2.45) is 5.73 Å². The molecule has 0 saturated heterocycles. The van der Waals surface area contributed by atoms with Crippen molar-refractivity contribution in [3.8, 4) is 11.3 Å². The van der Waals surface area contributed by atoms with E-state index in [1.807, 2.05) is 37.3 Å². The molecule has 1 amide bonds. The van der Waals surface area contributed by atoms with Crippen LogP contribution in [0.5, 0.6) is 0 Å². The smallest absolute Gasteiger partial charge is 0.243 e. The number of thiazole rings is 1. The van der Waals surface area contributed by atoms with Crippen molar-refractivity contribution in [3.05, 3.63) is 34.1 Å². The van der Waals surface area contributed by atoms with Gasteiger partial charge in [-0.05, 0) is 22.4 Å². The normalized spacial score (nSPS) is 11.6. The van der Waals surface area contributed by atoms with Gasteiger partial charge in [-0.1, -0.05) is 55.0 Å². The lowest BCUT2D eigenvalue weighted by atomic mass is 10.2. The minimum absolute atomic E-state index is 0. The van der Waals surface area contributed by atoms with Crippen LogP contribution in [0.3, 0.4) is 0 Å². The van der Waals surface area contributed by atoms with Gasteiger partial charge in [-0.15, -0.1) is 12.4 Å². The van der Waals surface area contributed by atoms with Crippen LogP contribution in [0.2, 0.25) is 0 Å². The maximum absolute atomic E-state index is 11.9. The molecule has 114 valence electrons. The SMILES string of the molecule is CCCC(N)C(=O)Nc1nc(-c2ccccc2)c(Br)s1.Cl. The maximum atomic E-state index is 11.9. The van der Waals surface area contributed by atoms with Crippen molar-refractivity contribution in [2.45, 2.75) is 25.8 Å². The molecule has 4 nitrogen and oxygen atoms in total. The molecule has 1 unspecified atom stereocenters. The molecule has 0 aliphatic rings. The zero-order chi connectivity index (χ0) is 14.5. The van der Waals surface area contributed by atoms with Crippen LogP contribution < -0.4 is 11.1 Å². The van der Waals surface area contributed by atoms with Crippen molar-refractivity contribution in [3.63, 3.8) is 0 Å². The van der Waals surface area contributed by atoms with Crippen molar-refractivity contribution >= 4 is 50.7 Å². The summed E-state index contributed by atoms with van der Waals surface area (Å²) in [5.41, 5.74) is 7.62. The Kier molecular flexibility index (Phi) is 7.31. The summed E-state index contributed by atoms with van der Waals surface area (Å²) in [6.07, 6.45) is 1.55. The number of carbonyl (C=O) groups is 1. The first-order valence-corrected chi connectivity index (χ1v) is 8.01. The highest BCUT2D eigenvalue weighted by Gasteiger charge is 2.16. The largest absolute Gasteiger partial charge is 0.320 e. The summed E-state index contributed by atoms with van der Waals surface area (Å²) in [7, 11) is 0. The molecule has 0 aliphatic heterocycles. The fourth-order valence-electron chi connectivity index (χ4n) is 1.77. The van der Waals surface area contributed by atoms with E-state index in [1.54, 1.807) is 0 Å². The van der Waals surface area contributed by atoms with E-state index < -0.39 is 6.04 Å². The summed E-state index contributed by atoms with van der Waals surface area (Å²) in [6, 6.07) is 9.34. The van der Waals surface area contributed by atoms with Crippen molar-refractivity contribution < 1.29 is 4.79 Å². The Morgan fingerprint density at radius 3 is 2.71 bits per heavy atom. The van der Waals surface area contributed by atoms with Crippen LogP contribution in [0.25, 0.3) is 11.3 Å². The molecule has 2 aromatic rings. The third-order valence-corrected chi connectivity index (χ3v) is 4.42. The number of rotatable bonds is 5. The predicted molar refractivity (Wildman–Crippen MR) is 94.0 cm³/mol. The average molecular weight is 391 g/mol. The Bertz CT molecular complexity index is 591. The number of nitrogens with two attached hydrogens (primary N) is 1. The van der Waals surface area contributed by atoms with Crippen LogP contribution in [-0.2, 0) is 4.79 Å². The molecule has 1 aromatic heterocycles. The topological polar surface area (TPSA) is 68.0 Å². The summed E-state index contributed by atoms with van der Waals surface area (Å²) < 4.78 is 0.892. The Balaban J connectivity index is 0.00000220. The number of hydrogen-bond acceptors (Lipinski definition) is 4. The Hall–Kier alpha value is -0.950. The highest BCUT2D eigenvalue weighted by atomic mass is 79.9. The molecule has 1 aromatic carbocycles. The molecular formula is C14H17BrClN3OS. The fraction of sp³-hybridized carbons (Fsp3) is 0.286. The Labute approximate surface area is 142 Å². The number of nitrogens with one attached hydrogen (secondary N) is 1. The minimum Gasteiger partial charge on any atom is -0.320 e. The quantitative estimate of drug-likeness (QED) is 0.809. The highest BCUT2D eigenvalue weighted by molar-refractivity contribution is 9.11. The van der Waals surface area contributed by atoms with Crippen molar-refractivity contribution in [1.29, 1.82) is 0 Å². The van der Waals surface area contributed by atoms with Crippen molar-refractivity contribution in [2.75, 3.05) is 5.32 Å². The molecule has 21 heavy (non-hydrogen) atoms. The lowest BCUT2D eigenvalue weighted by Crippen LogP contribution is -2.35. The van der Waals surface area contributed by atoms with E-state index in [0.717, 1.165) is 21.5 Å². The van der Waals surface area contributed by atoms with Gasteiger partial charge in [0.1, 0.15) is 0 Å². The molecular weight excluding hydrogens is 374 g/mol. The molecule has 1 heterocycles. The third-order valence-electron chi connectivity index (χ3n) is 2.80. The second kappa shape index (κ2) is 8.48. The van der Waals surface area contributed by atoms with E-state index in [2.05, 4.69) is 26.2 Å². The average Bonchev–Trinajstić information content (AvgIpc) is 2.80. The predicted octanol–water partition coefficient (Wildman–Crippen LogP) is 4.06. The highest BCUT2D eigenvalue weighted by Crippen LogP contribution is 2.35. The molecule has 3 N–H and O–H groups in total. The van der Waals surface area contributed by atoms with E-state index in [9.17, 15) is 4.79 Å². The molecule has 0 radical (unpaired) electrons. The van der Waals surface area contributed by atoms with Gasteiger partial charge in [0.2, 0.25) is 5.91 Å².